The Hall–Kier alpha value is -1.38. The highest BCUT2D eigenvalue weighted by molar-refractivity contribution is 5.70. The Morgan fingerprint density at radius 2 is 2.00 bits per heavy atom. The molecular formula is C12H15FO2. The average Bonchev–Trinajstić information content (AvgIpc) is 2.18. The first-order valence-electron chi connectivity index (χ1n) is 4.99. The zero-order valence-electron chi connectivity index (χ0n) is 9.00. The molecule has 0 heterocycles. The molecule has 0 aliphatic heterocycles. The van der Waals surface area contributed by atoms with Crippen molar-refractivity contribution in [1.29, 1.82) is 0 Å². The van der Waals surface area contributed by atoms with E-state index in [9.17, 15) is 9.18 Å². The SMILES string of the molecule is CCOC(=O)CC(F)c1ccc(C)cc1. The van der Waals surface area contributed by atoms with Gasteiger partial charge < -0.3 is 4.74 Å². The van der Waals surface area contributed by atoms with E-state index in [-0.39, 0.29) is 6.42 Å². The van der Waals surface area contributed by atoms with Crippen LogP contribution in [-0.4, -0.2) is 12.6 Å². The van der Waals surface area contributed by atoms with Crippen LogP contribution in [0.2, 0.25) is 0 Å². The van der Waals surface area contributed by atoms with Crippen molar-refractivity contribution in [3.63, 3.8) is 0 Å². The van der Waals surface area contributed by atoms with Crippen molar-refractivity contribution >= 4 is 5.97 Å². The highest BCUT2D eigenvalue weighted by Gasteiger charge is 2.15. The summed E-state index contributed by atoms with van der Waals surface area (Å²) in [4.78, 5) is 11.0. The quantitative estimate of drug-likeness (QED) is 0.714. The first-order valence-corrected chi connectivity index (χ1v) is 4.99. The second-order valence-corrected chi connectivity index (χ2v) is 3.39. The number of hydrogen-bond donors (Lipinski definition) is 0. The van der Waals surface area contributed by atoms with Gasteiger partial charge in [-0.25, -0.2) is 4.39 Å². The van der Waals surface area contributed by atoms with E-state index in [4.69, 9.17) is 0 Å². The van der Waals surface area contributed by atoms with Crippen LogP contribution in [0, 0.1) is 6.92 Å². The van der Waals surface area contributed by atoms with Gasteiger partial charge in [0.05, 0.1) is 13.0 Å². The highest BCUT2D eigenvalue weighted by Crippen LogP contribution is 2.21. The van der Waals surface area contributed by atoms with Crippen LogP contribution in [0.5, 0.6) is 0 Å². The molecule has 3 heteroatoms. The number of ether oxygens (including phenoxy) is 1. The molecule has 0 bridgehead atoms. The van der Waals surface area contributed by atoms with Crippen molar-refractivity contribution in [3.8, 4) is 0 Å². The number of benzene rings is 1. The van der Waals surface area contributed by atoms with Crippen molar-refractivity contribution in [1.82, 2.24) is 0 Å². The molecule has 0 aliphatic carbocycles. The van der Waals surface area contributed by atoms with Crippen molar-refractivity contribution < 1.29 is 13.9 Å². The molecule has 0 N–H and O–H groups in total. The van der Waals surface area contributed by atoms with Gasteiger partial charge in [-0.05, 0) is 19.4 Å². The van der Waals surface area contributed by atoms with Crippen LogP contribution in [0.15, 0.2) is 24.3 Å². The summed E-state index contributed by atoms with van der Waals surface area (Å²) >= 11 is 0. The number of halogens is 1. The standard InChI is InChI=1S/C12H15FO2/c1-3-15-12(14)8-11(13)10-6-4-9(2)5-7-10/h4-7,11H,3,8H2,1-2H3. The molecule has 1 rings (SSSR count). The lowest BCUT2D eigenvalue weighted by atomic mass is 10.1. The third-order valence-electron chi connectivity index (χ3n) is 2.09. The fourth-order valence-corrected chi connectivity index (χ4v) is 1.26. The lowest BCUT2D eigenvalue weighted by Crippen LogP contribution is -2.07. The number of carbonyl (C=O) groups excluding carboxylic acids is 1. The number of esters is 1. The van der Waals surface area contributed by atoms with E-state index in [1.54, 1.807) is 19.1 Å². The normalized spacial score (nSPS) is 12.2. The van der Waals surface area contributed by atoms with Crippen molar-refractivity contribution in [2.24, 2.45) is 0 Å². The van der Waals surface area contributed by atoms with E-state index < -0.39 is 12.1 Å². The topological polar surface area (TPSA) is 26.3 Å². The van der Waals surface area contributed by atoms with Crippen LogP contribution >= 0.6 is 0 Å². The monoisotopic (exact) mass is 210 g/mol. The number of carbonyl (C=O) groups is 1. The smallest absolute Gasteiger partial charge is 0.309 e. The zero-order valence-corrected chi connectivity index (χ0v) is 9.00. The summed E-state index contributed by atoms with van der Waals surface area (Å²) < 4.78 is 18.2. The van der Waals surface area contributed by atoms with E-state index in [0.29, 0.717) is 12.2 Å². The molecule has 1 unspecified atom stereocenters. The van der Waals surface area contributed by atoms with E-state index in [0.717, 1.165) is 5.56 Å². The molecule has 0 saturated heterocycles. The second kappa shape index (κ2) is 5.49. The largest absolute Gasteiger partial charge is 0.466 e. The minimum absolute atomic E-state index is 0.211. The zero-order chi connectivity index (χ0) is 11.3. The number of aryl methyl sites for hydroxylation is 1. The fourth-order valence-electron chi connectivity index (χ4n) is 1.26. The van der Waals surface area contributed by atoms with Crippen LogP contribution < -0.4 is 0 Å². The van der Waals surface area contributed by atoms with Gasteiger partial charge in [-0.2, -0.15) is 0 Å². The predicted octanol–water partition coefficient (Wildman–Crippen LogP) is 2.96. The van der Waals surface area contributed by atoms with Crippen LogP contribution in [0.25, 0.3) is 0 Å². The molecule has 15 heavy (non-hydrogen) atoms. The van der Waals surface area contributed by atoms with E-state index >= 15 is 0 Å². The maximum absolute atomic E-state index is 13.5. The van der Waals surface area contributed by atoms with Crippen molar-refractivity contribution in [2.75, 3.05) is 6.61 Å². The summed E-state index contributed by atoms with van der Waals surface area (Å²) in [5.74, 6) is -0.495. The Morgan fingerprint density at radius 1 is 1.40 bits per heavy atom. The van der Waals surface area contributed by atoms with E-state index in [1.165, 1.54) is 0 Å². The second-order valence-electron chi connectivity index (χ2n) is 3.39. The molecule has 0 amide bonds. The van der Waals surface area contributed by atoms with Gasteiger partial charge in [0.25, 0.3) is 0 Å². The fraction of sp³-hybridized carbons (Fsp3) is 0.417. The molecule has 0 spiro atoms. The third kappa shape index (κ3) is 3.70. The summed E-state index contributed by atoms with van der Waals surface area (Å²) in [7, 11) is 0. The lowest BCUT2D eigenvalue weighted by Gasteiger charge is -2.08. The maximum atomic E-state index is 13.5. The van der Waals surface area contributed by atoms with Gasteiger partial charge >= 0.3 is 5.97 Å². The molecule has 0 fully saturated rings. The van der Waals surface area contributed by atoms with Gasteiger partial charge in [0, 0.05) is 0 Å². The first kappa shape index (κ1) is 11.7. The van der Waals surface area contributed by atoms with Gasteiger partial charge in [0.1, 0.15) is 6.17 Å². The molecule has 1 aromatic rings. The molecule has 0 radical (unpaired) electrons. The van der Waals surface area contributed by atoms with Crippen molar-refractivity contribution in [2.45, 2.75) is 26.4 Å². The van der Waals surface area contributed by atoms with Crippen LogP contribution in [0.1, 0.15) is 30.6 Å². The molecule has 0 aliphatic rings. The lowest BCUT2D eigenvalue weighted by molar-refractivity contribution is -0.144. The molecule has 82 valence electrons. The van der Waals surface area contributed by atoms with E-state index in [2.05, 4.69) is 4.74 Å². The predicted molar refractivity (Wildman–Crippen MR) is 56.3 cm³/mol. The minimum atomic E-state index is -1.27. The first-order chi connectivity index (χ1) is 7.13. The Labute approximate surface area is 89.1 Å². The van der Waals surface area contributed by atoms with Crippen LogP contribution in [-0.2, 0) is 9.53 Å². The number of hydrogen-bond acceptors (Lipinski definition) is 2. The van der Waals surface area contributed by atoms with Crippen LogP contribution in [0.3, 0.4) is 0 Å². The third-order valence-corrected chi connectivity index (χ3v) is 2.09. The Morgan fingerprint density at radius 3 is 2.53 bits per heavy atom. The average molecular weight is 210 g/mol. The summed E-state index contributed by atoms with van der Waals surface area (Å²) in [6.45, 7) is 3.93. The van der Waals surface area contributed by atoms with E-state index in [1.807, 2.05) is 19.1 Å². The molecule has 0 aromatic heterocycles. The molecule has 2 nitrogen and oxygen atoms in total. The maximum Gasteiger partial charge on any atom is 0.309 e. The van der Waals surface area contributed by atoms with Gasteiger partial charge in [0.2, 0.25) is 0 Å². The van der Waals surface area contributed by atoms with Gasteiger partial charge in [-0.1, -0.05) is 29.8 Å². The van der Waals surface area contributed by atoms with Gasteiger partial charge in [-0.3, -0.25) is 4.79 Å². The van der Waals surface area contributed by atoms with Gasteiger partial charge in [-0.15, -0.1) is 0 Å². The summed E-state index contributed by atoms with van der Waals surface area (Å²) in [6.07, 6.45) is -1.48. The molecule has 0 saturated carbocycles. The molecule has 1 aromatic carbocycles. The van der Waals surface area contributed by atoms with Crippen LogP contribution in [0.4, 0.5) is 4.39 Å². The summed E-state index contributed by atoms with van der Waals surface area (Å²) in [6, 6.07) is 7.04. The van der Waals surface area contributed by atoms with Crippen molar-refractivity contribution in [3.05, 3.63) is 35.4 Å². The highest BCUT2D eigenvalue weighted by atomic mass is 19.1. The minimum Gasteiger partial charge on any atom is -0.466 e. The number of rotatable bonds is 4. The molecule has 1 atom stereocenters. The summed E-state index contributed by atoms with van der Waals surface area (Å²) in [5, 5.41) is 0. The number of alkyl halides is 1. The van der Waals surface area contributed by atoms with Gasteiger partial charge in [0.15, 0.2) is 0 Å². The Kier molecular flexibility index (Phi) is 4.28. The molecular weight excluding hydrogens is 195 g/mol. The Balaban J connectivity index is 2.57. The summed E-state index contributed by atoms with van der Waals surface area (Å²) in [5.41, 5.74) is 1.59. The Bertz CT molecular complexity index is 319.